The van der Waals surface area contributed by atoms with Gasteiger partial charge in [-0.2, -0.15) is 0 Å². The zero-order valence-electron chi connectivity index (χ0n) is 10.8. The molecule has 1 fully saturated rings. The van der Waals surface area contributed by atoms with Crippen LogP contribution in [0.3, 0.4) is 0 Å². The highest BCUT2D eigenvalue weighted by Gasteiger charge is 2.27. The predicted molar refractivity (Wildman–Crippen MR) is 69.5 cm³/mol. The van der Waals surface area contributed by atoms with Crippen molar-refractivity contribution in [3.05, 3.63) is 34.2 Å². The number of rotatable bonds is 2. The van der Waals surface area contributed by atoms with Gasteiger partial charge in [-0.25, -0.2) is 0 Å². The summed E-state index contributed by atoms with van der Waals surface area (Å²) in [6.45, 7) is 0.932. The van der Waals surface area contributed by atoms with E-state index in [-0.39, 0.29) is 23.3 Å². The average molecular weight is 263 g/mol. The molecule has 2 heterocycles. The predicted octanol–water partition coefficient (Wildman–Crippen LogP) is -0.277. The number of piperidine rings is 1. The smallest absolute Gasteiger partial charge is 0.254 e. The van der Waals surface area contributed by atoms with Gasteiger partial charge in [0.05, 0.1) is 5.92 Å². The maximum atomic E-state index is 12.3. The molecule has 1 aromatic heterocycles. The molecular weight excluding hydrogens is 246 g/mol. The Bertz CT molecular complexity index is 564. The lowest BCUT2D eigenvalue weighted by molar-refractivity contribution is -0.123. The first kappa shape index (κ1) is 13.3. The fourth-order valence-corrected chi connectivity index (χ4v) is 2.26. The number of carbonyl (C=O) groups excluding carboxylic acids is 2. The first-order valence-corrected chi connectivity index (χ1v) is 6.24. The Hall–Kier alpha value is -2.11. The summed E-state index contributed by atoms with van der Waals surface area (Å²) in [5.41, 5.74) is 5.41. The Kier molecular flexibility index (Phi) is 3.69. The van der Waals surface area contributed by atoms with E-state index in [0.717, 1.165) is 12.8 Å². The maximum Gasteiger partial charge on any atom is 0.254 e. The molecule has 1 saturated heterocycles. The van der Waals surface area contributed by atoms with Crippen LogP contribution in [0.1, 0.15) is 23.2 Å². The van der Waals surface area contributed by atoms with Gasteiger partial charge in [0.15, 0.2) is 0 Å². The van der Waals surface area contributed by atoms with Crippen molar-refractivity contribution in [3.8, 4) is 0 Å². The highest BCUT2D eigenvalue weighted by Crippen LogP contribution is 2.17. The van der Waals surface area contributed by atoms with Gasteiger partial charge in [-0.3, -0.25) is 14.4 Å². The first-order valence-electron chi connectivity index (χ1n) is 6.24. The van der Waals surface area contributed by atoms with Crippen LogP contribution < -0.4 is 11.3 Å². The van der Waals surface area contributed by atoms with E-state index in [1.165, 1.54) is 10.6 Å². The minimum atomic E-state index is -0.374. The summed E-state index contributed by atoms with van der Waals surface area (Å²) in [6, 6.07) is 2.92. The lowest BCUT2D eigenvalue weighted by Gasteiger charge is -2.31. The SMILES string of the molecule is Cn1ccc(C(=O)N2CCC[C@H](C(N)=O)C2)cc1=O. The summed E-state index contributed by atoms with van der Waals surface area (Å²) in [7, 11) is 1.63. The van der Waals surface area contributed by atoms with Crippen LogP contribution in [-0.2, 0) is 11.8 Å². The van der Waals surface area contributed by atoms with Crippen molar-refractivity contribution in [1.82, 2.24) is 9.47 Å². The van der Waals surface area contributed by atoms with E-state index in [0.29, 0.717) is 18.7 Å². The van der Waals surface area contributed by atoms with Gasteiger partial charge in [-0.15, -0.1) is 0 Å². The van der Waals surface area contributed by atoms with Gasteiger partial charge in [-0.1, -0.05) is 0 Å². The number of aryl methyl sites for hydroxylation is 1. The molecule has 0 saturated carbocycles. The largest absolute Gasteiger partial charge is 0.369 e. The third-order valence-corrected chi connectivity index (χ3v) is 3.46. The highest BCUT2D eigenvalue weighted by molar-refractivity contribution is 5.94. The van der Waals surface area contributed by atoms with E-state index in [1.54, 1.807) is 24.2 Å². The van der Waals surface area contributed by atoms with Crippen LogP contribution in [0.2, 0.25) is 0 Å². The van der Waals surface area contributed by atoms with Crippen LogP contribution in [0.25, 0.3) is 0 Å². The molecular formula is C13H17N3O3. The Balaban J connectivity index is 2.17. The third-order valence-electron chi connectivity index (χ3n) is 3.46. The number of aromatic nitrogens is 1. The number of nitrogens with zero attached hydrogens (tertiary/aromatic N) is 2. The topological polar surface area (TPSA) is 85.4 Å². The number of nitrogens with two attached hydrogens (primary N) is 1. The molecule has 0 spiro atoms. The van der Waals surface area contributed by atoms with Crippen LogP contribution in [0.5, 0.6) is 0 Å². The Morgan fingerprint density at radius 2 is 2.16 bits per heavy atom. The summed E-state index contributed by atoms with van der Waals surface area (Å²) >= 11 is 0. The molecule has 6 heteroatoms. The fraction of sp³-hybridized carbons (Fsp3) is 0.462. The Morgan fingerprint density at radius 1 is 1.42 bits per heavy atom. The first-order chi connectivity index (χ1) is 8.99. The molecule has 6 nitrogen and oxygen atoms in total. The molecule has 0 radical (unpaired) electrons. The minimum absolute atomic E-state index is 0.219. The number of carbonyl (C=O) groups is 2. The maximum absolute atomic E-state index is 12.3. The molecule has 2 amide bonds. The van der Waals surface area contributed by atoms with Crippen LogP contribution in [-0.4, -0.2) is 34.4 Å². The van der Waals surface area contributed by atoms with Gasteiger partial charge in [0.25, 0.3) is 11.5 Å². The van der Waals surface area contributed by atoms with Crippen LogP contribution in [0.15, 0.2) is 23.1 Å². The summed E-state index contributed by atoms with van der Waals surface area (Å²) in [6.07, 6.45) is 3.03. The fourth-order valence-electron chi connectivity index (χ4n) is 2.26. The Morgan fingerprint density at radius 3 is 2.79 bits per heavy atom. The number of primary amides is 1. The van der Waals surface area contributed by atoms with Crippen LogP contribution in [0.4, 0.5) is 0 Å². The molecule has 1 atom stereocenters. The standard InChI is InChI=1S/C13H17N3O3/c1-15-6-4-9(7-11(15)17)13(19)16-5-2-3-10(8-16)12(14)18/h4,6-7,10H,2-3,5,8H2,1H3,(H2,14,18)/t10-/m0/s1. The van der Waals surface area contributed by atoms with Crippen molar-refractivity contribution >= 4 is 11.8 Å². The summed E-state index contributed by atoms with van der Waals surface area (Å²) < 4.78 is 1.40. The third kappa shape index (κ3) is 2.83. The second-order valence-electron chi connectivity index (χ2n) is 4.86. The monoisotopic (exact) mass is 263 g/mol. The van der Waals surface area contributed by atoms with Gasteiger partial charge >= 0.3 is 0 Å². The van der Waals surface area contributed by atoms with Crippen LogP contribution in [0, 0.1) is 5.92 Å². The summed E-state index contributed by atoms with van der Waals surface area (Å²) in [4.78, 5) is 36.6. The second-order valence-corrected chi connectivity index (χ2v) is 4.86. The van der Waals surface area contributed by atoms with Crippen LogP contribution >= 0.6 is 0 Å². The van der Waals surface area contributed by atoms with E-state index < -0.39 is 0 Å². The summed E-state index contributed by atoms with van der Waals surface area (Å²) in [5, 5.41) is 0. The van der Waals surface area contributed by atoms with E-state index >= 15 is 0 Å². The lowest BCUT2D eigenvalue weighted by Crippen LogP contribution is -2.44. The molecule has 2 N–H and O–H groups in total. The zero-order chi connectivity index (χ0) is 14.0. The normalized spacial score (nSPS) is 19.2. The summed E-state index contributed by atoms with van der Waals surface area (Å²) in [5.74, 6) is -0.880. The van der Waals surface area contributed by atoms with Crippen molar-refractivity contribution in [2.75, 3.05) is 13.1 Å². The van der Waals surface area contributed by atoms with Crippen molar-refractivity contribution < 1.29 is 9.59 Å². The molecule has 1 aromatic rings. The number of hydrogen-bond acceptors (Lipinski definition) is 3. The van der Waals surface area contributed by atoms with Gasteiger partial charge in [-0.05, 0) is 18.9 Å². The lowest BCUT2D eigenvalue weighted by atomic mass is 9.97. The minimum Gasteiger partial charge on any atom is -0.369 e. The van der Waals surface area contributed by atoms with Crippen molar-refractivity contribution in [2.24, 2.45) is 18.7 Å². The van der Waals surface area contributed by atoms with E-state index in [4.69, 9.17) is 5.73 Å². The number of likely N-dealkylation sites (tertiary alicyclic amines) is 1. The number of hydrogen-bond donors (Lipinski definition) is 1. The number of amides is 2. The van der Waals surface area contributed by atoms with E-state index in [9.17, 15) is 14.4 Å². The molecule has 0 unspecified atom stereocenters. The molecule has 19 heavy (non-hydrogen) atoms. The van der Waals surface area contributed by atoms with E-state index in [1.807, 2.05) is 0 Å². The quantitative estimate of drug-likeness (QED) is 0.796. The molecule has 1 aliphatic rings. The van der Waals surface area contributed by atoms with E-state index in [2.05, 4.69) is 0 Å². The highest BCUT2D eigenvalue weighted by atomic mass is 16.2. The van der Waals surface area contributed by atoms with Gasteiger partial charge in [0.2, 0.25) is 5.91 Å². The van der Waals surface area contributed by atoms with Crippen molar-refractivity contribution in [1.29, 1.82) is 0 Å². The molecule has 0 aliphatic carbocycles. The second kappa shape index (κ2) is 5.26. The molecule has 0 aromatic carbocycles. The average Bonchev–Trinajstić information content (AvgIpc) is 2.41. The van der Waals surface area contributed by atoms with Crippen molar-refractivity contribution in [2.45, 2.75) is 12.8 Å². The van der Waals surface area contributed by atoms with Gasteiger partial charge in [0, 0.05) is 38.0 Å². The van der Waals surface area contributed by atoms with Gasteiger partial charge in [0.1, 0.15) is 0 Å². The molecule has 2 rings (SSSR count). The molecule has 1 aliphatic heterocycles. The number of pyridine rings is 1. The van der Waals surface area contributed by atoms with Crippen molar-refractivity contribution in [3.63, 3.8) is 0 Å². The Labute approximate surface area is 110 Å². The zero-order valence-corrected chi connectivity index (χ0v) is 10.8. The molecule has 102 valence electrons. The van der Waals surface area contributed by atoms with Gasteiger partial charge < -0.3 is 15.2 Å². The molecule has 0 bridgehead atoms.